The molecule has 0 saturated heterocycles. The summed E-state index contributed by atoms with van der Waals surface area (Å²) in [6, 6.07) is 8.93. The second kappa shape index (κ2) is 7.68. The van der Waals surface area contributed by atoms with Crippen molar-refractivity contribution >= 4 is 11.9 Å². The second-order valence-corrected chi connectivity index (χ2v) is 5.44. The molecule has 0 radical (unpaired) electrons. The number of esters is 1. The lowest BCUT2D eigenvalue weighted by molar-refractivity contribution is -0.129. The molecule has 1 aromatic heterocycles. The lowest BCUT2D eigenvalue weighted by atomic mass is 10.2. The molecule has 1 aromatic carbocycles. The Labute approximate surface area is 140 Å². The lowest BCUT2D eigenvalue weighted by Crippen LogP contribution is -2.35. The van der Waals surface area contributed by atoms with Gasteiger partial charge in [0.25, 0.3) is 5.91 Å². The van der Waals surface area contributed by atoms with Gasteiger partial charge in [0.2, 0.25) is 0 Å². The largest absolute Gasteiger partial charge is 0.497 e. The number of carbonyl (C=O) groups is 2. The lowest BCUT2D eigenvalue weighted by Gasteiger charge is -2.13. The van der Waals surface area contributed by atoms with Crippen molar-refractivity contribution in [3.8, 4) is 5.75 Å². The predicted octanol–water partition coefficient (Wildman–Crippen LogP) is 2.77. The van der Waals surface area contributed by atoms with Gasteiger partial charge in [0, 0.05) is 6.54 Å². The highest BCUT2D eigenvalue weighted by atomic mass is 16.5. The number of aryl methyl sites for hydroxylation is 2. The fourth-order valence-corrected chi connectivity index (χ4v) is 2.19. The third-order valence-electron chi connectivity index (χ3n) is 3.54. The molecule has 0 aliphatic heterocycles. The van der Waals surface area contributed by atoms with E-state index in [4.69, 9.17) is 13.9 Å². The maximum Gasteiger partial charge on any atom is 0.342 e. The molecule has 1 N–H and O–H groups in total. The van der Waals surface area contributed by atoms with E-state index in [9.17, 15) is 9.59 Å². The monoisotopic (exact) mass is 331 g/mol. The molecule has 6 nitrogen and oxygen atoms in total. The zero-order valence-electron chi connectivity index (χ0n) is 14.2. The fourth-order valence-electron chi connectivity index (χ4n) is 2.19. The van der Waals surface area contributed by atoms with Crippen LogP contribution in [0, 0.1) is 13.8 Å². The van der Waals surface area contributed by atoms with E-state index in [0.29, 0.717) is 23.6 Å². The fraction of sp³-hybridized carbons (Fsp3) is 0.333. The van der Waals surface area contributed by atoms with Crippen molar-refractivity contribution in [2.45, 2.75) is 33.4 Å². The van der Waals surface area contributed by atoms with E-state index in [0.717, 1.165) is 11.3 Å². The van der Waals surface area contributed by atoms with Gasteiger partial charge in [0.1, 0.15) is 22.8 Å². The quantitative estimate of drug-likeness (QED) is 0.824. The maximum absolute atomic E-state index is 12.1. The first-order valence-corrected chi connectivity index (χ1v) is 7.59. The Morgan fingerprint density at radius 1 is 1.21 bits per heavy atom. The van der Waals surface area contributed by atoms with Crippen molar-refractivity contribution in [1.29, 1.82) is 0 Å². The number of rotatable bonds is 6. The Kier molecular flexibility index (Phi) is 5.63. The summed E-state index contributed by atoms with van der Waals surface area (Å²) in [5.74, 6) is 0.908. The van der Waals surface area contributed by atoms with Crippen LogP contribution in [0.15, 0.2) is 34.7 Å². The molecular weight excluding hydrogens is 310 g/mol. The molecule has 0 bridgehead atoms. The van der Waals surface area contributed by atoms with E-state index in [1.165, 1.54) is 6.92 Å². The Bertz CT molecular complexity index is 718. The van der Waals surface area contributed by atoms with Crippen LogP contribution in [0.3, 0.4) is 0 Å². The molecule has 0 fully saturated rings. The van der Waals surface area contributed by atoms with Crippen LogP contribution in [-0.2, 0) is 16.1 Å². The van der Waals surface area contributed by atoms with E-state index in [1.54, 1.807) is 27.0 Å². The van der Waals surface area contributed by atoms with Crippen LogP contribution in [0.2, 0.25) is 0 Å². The molecule has 0 spiro atoms. The number of ether oxygens (including phenoxy) is 2. The molecule has 1 heterocycles. The first-order valence-electron chi connectivity index (χ1n) is 7.59. The highest BCUT2D eigenvalue weighted by Crippen LogP contribution is 2.15. The maximum atomic E-state index is 12.1. The molecule has 0 saturated carbocycles. The van der Waals surface area contributed by atoms with Crippen molar-refractivity contribution in [1.82, 2.24) is 5.32 Å². The molecule has 2 aromatic rings. The van der Waals surface area contributed by atoms with Gasteiger partial charge in [-0.05, 0) is 44.5 Å². The van der Waals surface area contributed by atoms with Gasteiger partial charge >= 0.3 is 5.97 Å². The van der Waals surface area contributed by atoms with E-state index in [-0.39, 0.29) is 5.91 Å². The summed E-state index contributed by atoms with van der Waals surface area (Å²) in [5, 5.41) is 2.73. The highest BCUT2D eigenvalue weighted by Gasteiger charge is 2.21. The van der Waals surface area contributed by atoms with Crippen molar-refractivity contribution in [2.24, 2.45) is 0 Å². The Hall–Kier alpha value is -2.76. The Balaban J connectivity index is 1.87. The van der Waals surface area contributed by atoms with Gasteiger partial charge < -0.3 is 19.2 Å². The van der Waals surface area contributed by atoms with Crippen LogP contribution in [-0.4, -0.2) is 25.1 Å². The molecule has 1 amide bonds. The minimum atomic E-state index is -0.898. The average Bonchev–Trinajstić information content (AvgIpc) is 2.91. The number of nitrogens with one attached hydrogen (secondary N) is 1. The first kappa shape index (κ1) is 17.6. The highest BCUT2D eigenvalue weighted by molar-refractivity contribution is 5.93. The van der Waals surface area contributed by atoms with Crippen molar-refractivity contribution < 1.29 is 23.5 Å². The van der Waals surface area contributed by atoms with Crippen molar-refractivity contribution in [3.63, 3.8) is 0 Å². The summed E-state index contributed by atoms with van der Waals surface area (Å²) < 4.78 is 15.6. The third kappa shape index (κ3) is 4.38. The molecular formula is C18H21NO5. The van der Waals surface area contributed by atoms with Gasteiger partial charge in [-0.2, -0.15) is 0 Å². The number of hydrogen-bond acceptors (Lipinski definition) is 5. The van der Waals surface area contributed by atoms with Crippen LogP contribution in [0.4, 0.5) is 0 Å². The van der Waals surface area contributed by atoms with E-state index < -0.39 is 12.1 Å². The average molecular weight is 331 g/mol. The molecule has 0 aliphatic carbocycles. The Morgan fingerprint density at radius 3 is 2.42 bits per heavy atom. The van der Waals surface area contributed by atoms with Crippen molar-refractivity contribution in [2.75, 3.05) is 7.11 Å². The number of benzene rings is 1. The second-order valence-electron chi connectivity index (χ2n) is 5.44. The van der Waals surface area contributed by atoms with E-state index >= 15 is 0 Å². The summed E-state index contributed by atoms with van der Waals surface area (Å²) in [5.41, 5.74) is 1.26. The smallest absolute Gasteiger partial charge is 0.342 e. The molecule has 1 atom stereocenters. The summed E-state index contributed by atoms with van der Waals surface area (Å²) >= 11 is 0. The van der Waals surface area contributed by atoms with Crippen LogP contribution >= 0.6 is 0 Å². The summed E-state index contributed by atoms with van der Waals surface area (Å²) in [6.07, 6.45) is -0.898. The number of methoxy groups -OCH3 is 1. The van der Waals surface area contributed by atoms with Crippen LogP contribution in [0.5, 0.6) is 5.75 Å². The molecule has 2 rings (SSSR count). The summed E-state index contributed by atoms with van der Waals surface area (Å²) in [4.78, 5) is 24.1. The number of furan rings is 1. The standard InChI is InChI=1S/C18H21NO5/c1-11-9-16(12(2)23-11)18(21)24-13(3)17(20)19-10-14-5-7-15(22-4)8-6-14/h5-9,13H,10H2,1-4H3,(H,19,20). The van der Waals surface area contributed by atoms with Gasteiger partial charge in [-0.15, -0.1) is 0 Å². The normalized spacial score (nSPS) is 11.7. The summed E-state index contributed by atoms with van der Waals surface area (Å²) in [7, 11) is 1.59. The number of carbonyl (C=O) groups excluding carboxylic acids is 2. The van der Waals surface area contributed by atoms with Gasteiger partial charge in [-0.1, -0.05) is 12.1 Å². The van der Waals surface area contributed by atoms with Gasteiger partial charge in [-0.3, -0.25) is 4.79 Å². The van der Waals surface area contributed by atoms with Gasteiger partial charge in [0.15, 0.2) is 6.10 Å². The Morgan fingerprint density at radius 2 is 1.88 bits per heavy atom. The predicted molar refractivity (Wildman–Crippen MR) is 87.9 cm³/mol. The summed E-state index contributed by atoms with van der Waals surface area (Å²) in [6.45, 7) is 5.30. The van der Waals surface area contributed by atoms with Gasteiger partial charge in [0.05, 0.1) is 7.11 Å². The van der Waals surface area contributed by atoms with Crippen LogP contribution in [0.1, 0.15) is 34.4 Å². The van der Waals surface area contributed by atoms with Gasteiger partial charge in [-0.25, -0.2) is 4.79 Å². The molecule has 128 valence electrons. The molecule has 6 heteroatoms. The van der Waals surface area contributed by atoms with E-state index in [1.807, 2.05) is 24.3 Å². The SMILES string of the molecule is COc1ccc(CNC(=O)C(C)OC(=O)c2cc(C)oc2C)cc1. The third-order valence-corrected chi connectivity index (χ3v) is 3.54. The topological polar surface area (TPSA) is 77.8 Å². The minimum absolute atomic E-state index is 0.335. The molecule has 0 aliphatic rings. The van der Waals surface area contributed by atoms with Crippen LogP contribution in [0.25, 0.3) is 0 Å². The zero-order valence-corrected chi connectivity index (χ0v) is 14.2. The van der Waals surface area contributed by atoms with Crippen molar-refractivity contribution in [3.05, 3.63) is 53.0 Å². The van der Waals surface area contributed by atoms with E-state index in [2.05, 4.69) is 5.32 Å². The van der Waals surface area contributed by atoms with Crippen LogP contribution < -0.4 is 10.1 Å². The molecule has 24 heavy (non-hydrogen) atoms. The number of amides is 1. The first-order chi connectivity index (χ1) is 11.4. The number of hydrogen-bond donors (Lipinski definition) is 1. The zero-order chi connectivity index (χ0) is 17.7. The molecule has 1 unspecified atom stereocenters. The minimum Gasteiger partial charge on any atom is -0.497 e.